The number of carbonyl (C=O) groups is 1. The number of aromatic nitrogens is 2. The molecule has 140 valence electrons. The first-order valence-corrected chi connectivity index (χ1v) is 9.28. The lowest BCUT2D eigenvalue weighted by Gasteiger charge is -2.17. The molecule has 3 N–H and O–H groups in total. The number of nitrogens with one attached hydrogen (secondary N) is 1. The van der Waals surface area contributed by atoms with Crippen LogP contribution in [0.3, 0.4) is 0 Å². The molecule has 6 heteroatoms. The number of carbonyl (C=O) groups excluding carboxylic acids is 1. The Balaban J connectivity index is 1.47. The van der Waals surface area contributed by atoms with Crippen molar-refractivity contribution >= 4 is 22.6 Å². The van der Waals surface area contributed by atoms with Gasteiger partial charge in [-0.05, 0) is 42.8 Å². The van der Waals surface area contributed by atoms with Gasteiger partial charge in [-0.1, -0.05) is 18.2 Å². The van der Waals surface area contributed by atoms with Crippen molar-refractivity contribution in [2.45, 2.75) is 18.9 Å². The SMILES string of the molecule is CN(C)c1ccc(CN2CCC(c3nc4c(C(N)=O)cccc4[nH]3)C2)cc1. The predicted molar refractivity (Wildman–Crippen MR) is 108 cm³/mol. The van der Waals surface area contributed by atoms with Gasteiger partial charge in [-0.3, -0.25) is 9.69 Å². The largest absolute Gasteiger partial charge is 0.378 e. The lowest BCUT2D eigenvalue weighted by Crippen LogP contribution is -2.20. The standard InChI is InChI=1S/C21H25N5O/c1-25(2)16-8-6-14(7-9-16)12-26-11-10-15(13-26)21-23-18-5-3-4-17(20(22)27)19(18)24-21/h3-9,15H,10-13H2,1-2H3,(H2,22,27)(H,23,24). The Kier molecular flexibility index (Phi) is 4.58. The smallest absolute Gasteiger partial charge is 0.250 e. The van der Waals surface area contributed by atoms with Crippen LogP contribution in [0.5, 0.6) is 0 Å². The van der Waals surface area contributed by atoms with Gasteiger partial charge in [-0.15, -0.1) is 0 Å². The number of anilines is 1. The molecule has 1 amide bonds. The molecule has 1 aliphatic rings. The summed E-state index contributed by atoms with van der Waals surface area (Å²) < 4.78 is 0. The number of fused-ring (bicyclic) bond motifs is 1. The van der Waals surface area contributed by atoms with Crippen molar-refractivity contribution in [2.75, 3.05) is 32.1 Å². The lowest BCUT2D eigenvalue weighted by atomic mass is 10.1. The van der Waals surface area contributed by atoms with Gasteiger partial charge in [0.1, 0.15) is 11.3 Å². The molecule has 0 aliphatic carbocycles. The number of nitrogens with two attached hydrogens (primary N) is 1. The summed E-state index contributed by atoms with van der Waals surface area (Å²) in [6.07, 6.45) is 1.06. The summed E-state index contributed by atoms with van der Waals surface area (Å²) in [5, 5.41) is 0. The molecule has 1 aliphatic heterocycles. The molecular formula is C21H25N5O. The van der Waals surface area contributed by atoms with Crippen molar-refractivity contribution in [2.24, 2.45) is 5.73 Å². The Bertz CT molecular complexity index is 960. The van der Waals surface area contributed by atoms with Crippen molar-refractivity contribution in [1.29, 1.82) is 0 Å². The lowest BCUT2D eigenvalue weighted by molar-refractivity contribution is 0.100. The fourth-order valence-corrected chi connectivity index (χ4v) is 3.80. The van der Waals surface area contributed by atoms with E-state index in [2.05, 4.69) is 53.1 Å². The number of amides is 1. The maximum Gasteiger partial charge on any atom is 0.250 e. The van der Waals surface area contributed by atoms with Crippen LogP contribution in [0, 0.1) is 0 Å². The highest BCUT2D eigenvalue weighted by Crippen LogP contribution is 2.29. The minimum Gasteiger partial charge on any atom is -0.378 e. The van der Waals surface area contributed by atoms with E-state index >= 15 is 0 Å². The maximum absolute atomic E-state index is 11.6. The van der Waals surface area contributed by atoms with E-state index in [9.17, 15) is 4.79 Å². The summed E-state index contributed by atoms with van der Waals surface area (Å²) in [5.41, 5.74) is 10.0. The van der Waals surface area contributed by atoms with E-state index in [0.29, 0.717) is 17.0 Å². The van der Waals surface area contributed by atoms with Gasteiger partial charge in [0.05, 0.1) is 11.1 Å². The zero-order chi connectivity index (χ0) is 19.0. The predicted octanol–water partition coefficient (Wildman–Crippen LogP) is 2.72. The minimum absolute atomic E-state index is 0.346. The van der Waals surface area contributed by atoms with Crippen LogP contribution in [0.1, 0.15) is 34.1 Å². The van der Waals surface area contributed by atoms with E-state index < -0.39 is 5.91 Å². The van der Waals surface area contributed by atoms with Crippen LogP contribution in [0.2, 0.25) is 0 Å². The molecule has 1 aromatic heterocycles. The first-order valence-electron chi connectivity index (χ1n) is 9.28. The van der Waals surface area contributed by atoms with E-state index in [0.717, 1.165) is 37.4 Å². The molecule has 2 aromatic carbocycles. The molecule has 27 heavy (non-hydrogen) atoms. The second kappa shape index (κ2) is 7.04. The van der Waals surface area contributed by atoms with E-state index in [-0.39, 0.29) is 0 Å². The van der Waals surface area contributed by atoms with Crippen LogP contribution in [0.15, 0.2) is 42.5 Å². The van der Waals surface area contributed by atoms with Gasteiger partial charge in [-0.2, -0.15) is 0 Å². The summed E-state index contributed by atoms with van der Waals surface area (Å²) >= 11 is 0. The van der Waals surface area contributed by atoms with Crippen molar-refractivity contribution < 1.29 is 4.79 Å². The molecule has 4 rings (SSSR count). The third-order valence-electron chi connectivity index (χ3n) is 5.31. The number of hydrogen-bond acceptors (Lipinski definition) is 4. The van der Waals surface area contributed by atoms with Gasteiger partial charge in [0.2, 0.25) is 0 Å². The molecule has 0 bridgehead atoms. The molecule has 1 atom stereocenters. The van der Waals surface area contributed by atoms with Crippen molar-refractivity contribution in [3.63, 3.8) is 0 Å². The first kappa shape index (κ1) is 17.5. The number of hydrogen-bond donors (Lipinski definition) is 2. The highest BCUT2D eigenvalue weighted by molar-refractivity contribution is 6.04. The molecule has 0 radical (unpaired) electrons. The summed E-state index contributed by atoms with van der Waals surface area (Å²) in [6, 6.07) is 14.2. The zero-order valence-corrected chi connectivity index (χ0v) is 15.8. The number of H-pyrrole nitrogens is 1. The Morgan fingerprint density at radius 3 is 2.74 bits per heavy atom. The summed E-state index contributed by atoms with van der Waals surface area (Å²) in [5.74, 6) is 0.858. The number of benzene rings is 2. The fourth-order valence-electron chi connectivity index (χ4n) is 3.80. The molecule has 6 nitrogen and oxygen atoms in total. The second-order valence-electron chi connectivity index (χ2n) is 7.47. The normalized spacial score (nSPS) is 17.5. The Labute approximate surface area is 159 Å². The van der Waals surface area contributed by atoms with Crippen molar-refractivity contribution in [1.82, 2.24) is 14.9 Å². The van der Waals surface area contributed by atoms with E-state index in [1.165, 1.54) is 11.3 Å². The molecule has 1 fully saturated rings. The average molecular weight is 363 g/mol. The molecule has 0 saturated carbocycles. The monoisotopic (exact) mass is 363 g/mol. The zero-order valence-electron chi connectivity index (χ0n) is 15.8. The molecule has 1 saturated heterocycles. The maximum atomic E-state index is 11.6. The quantitative estimate of drug-likeness (QED) is 0.731. The minimum atomic E-state index is -0.437. The van der Waals surface area contributed by atoms with E-state index in [1.54, 1.807) is 6.07 Å². The number of rotatable bonds is 5. The highest BCUT2D eigenvalue weighted by Gasteiger charge is 2.26. The van der Waals surface area contributed by atoms with Gasteiger partial charge in [0, 0.05) is 38.8 Å². The van der Waals surface area contributed by atoms with Gasteiger partial charge < -0.3 is 15.6 Å². The van der Waals surface area contributed by atoms with Gasteiger partial charge in [-0.25, -0.2) is 4.98 Å². The highest BCUT2D eigenvalue weighted by atomic mass is 16.1. The molecule has 2 heterocycles. The third-order valence-corrected chi connectivity index (χ3v) is 5.31. The van der Waals surface area contributed by atoms with Crippen LogP contribution < -0.4 is 10.6 Å². The van der Waals surface area contributed by atoms with Crippen LogP contribution in [0.25, 0.3) is 11.0 Å². The Morgan fingerprint density at radius 1 is 1.26 bits per heavy atom. The van der Waals surface area contributed by atoms with Gasteiger partial charge in [0.25, 0.3) is 5.91 Å². The van der Waals surface area contributed by atoms with Crippen LogP contribution in [-0.4, -0.2) is 48.0 Å². The number of primary amides is 1. The van der Waals surface area contributed by atoms with Crippen LogP contribution >= 0.6 is 0 Å². The van der Waals surface area contributed by atoms with Gasteiger partial charge in [0.15, 0.2) is 0 Å². The Hall–Kier alpha value is -2.86. The second-order valence-corrected chi connectivity index (χ2v) is 7.47. The van der Waals surface area contributed by atoms with Crippen molar-refractivity contribution in [3.05, 3.63) is 59.4 Å². The summed E-state index contributed by atoms with van der Waals surface area (Å²) in [6.45, 7) is 2.94. The number of likely N-dealkylation sites (tertiary alicyclic amines) is 1. The molecule has 0 spiro atoms. The van der Waals surface area contributed by atoms with Crippen LogP contribution in [0.4, 0.5) is 5.69 Å². The fraction of sp³-hybridized carbons (Fsp3) is 0.333. The van der Waals surface area contributed by atoms with E-state index in [1.807, 2.05) is 12.1 Å². The summed E-state index contributed by atoms with van der Waals surface area (Å²) in [7, 11) is 4.11. The summed E-state index contributed by atoms with van der Waals surface area (Å²) in [4.78, 5) is 24.3. The molecule has 1 unspecified atom stereocenters. The number of nitrogens with zero attached hydrogens (tertiary/aromatic N) is 3. The first-order chi connectivity index (χ1) is 13.0. The average Bonchev–Trinajstić information content (AvgIpc) is 3.28. The van der Waals surface area contributed by atoms with E-state index in [4.69, 9.17) is 10.7 Å². The number of imidazole rings is 1. The topological polar surface area (TPSA) is 78.2 Å². The van der Waals surface area contributed by atoms with Crippen LogP contribution in [-0.2, 0) is 6.54 Å². The number of para-hydroxylation sites is 1. The van der Waals surface area contributed by atoms with Gasteiger partial charge >= 0.3 is 0 Å². The third kappa shape index (κ3) is 3.53. The molecular weight excluding hydrogens is 338 g/mol. The molecule has 3 aromatic rings. The van der Waals surface area contributed by atoms with Crippen molar-refractivity contribution in [3.8, 4) is 0 Å². The Morgan fingerprint density at radius 2 is 2.04 bits per heavy atom. The number of aromatic amines is 1.